The van der Waals surface area contributed by atoms with Crippen LogP contribution in [0.15, 0.2) is 109 Å². The van der Waals surface area contributed by atoms with Crippen LogP contribution in [0.4, 0.5) is 22.7 Å². The van der Waals surface area contributed by atoms with E-state index in [2.05, 4.69) is 131 Å². The van der Waals surface area contributed by atoms with Crippen LogP contribution in [0.25, 0.3) is 55.5 Å². The Kier molecular flexibility index (Phi) is 13.2. The first kappa shape index (κ1) is 41.9. The minimum atomic E-state index is 0. The van der Waals surface area contributed by atoms with Gasteiger partial charge in [0.2, 0.25) is 33.4 Å². The lowest BCUT2D eigenvalue weighted by atomic mass is 10.1. The number of aromatic nitrogens is 4. The normalized spacial score (nSPS) is 11.2. The number of nitrogens with zero attached hydrogens (tertiary/aromatic N) is 4. The van der Waals surface area contributed by atoms with Crippen LogP contribution < -0.4 is 56.0 Å². The standard InChI is InChI=1S/C48H50N8.2ClH/c1-31-23-41-45(27-37(31)49)55(35-17-11-9-12-18-35)47-29-39(33(3)25-43(47)53-41)51-21-15-7-5-6-8-16-22-52-40-30-48-44(26-34(40)4)54-42-24-32(2)38(50)28-46(42)56(48)36-19-13-10-14-20-36;;/h9-14,17-20,23-30H,5-8,15-16,21-22H2,1-4H3,(H4,49,50,51,52);2*1H. The van der Waals surface area contributed by atoms with E-state index >= 15 is 0 Å². The van der Waals surface area contributed by atoms with Gasteiger partial charge in [0.1, 0.15) is 22.1 Å². The molecular formula is C48H52Cl2N8. The highest BCUT2D eigenvalue weighted by Crippen LogP contribution is 2.28. The summed E-state index contributed by atoms with van der Waals surface area (Å²) in [6.07, 6.45) is 7.14. The Morgan fingerprint density at radius 3 is 1.14 bits per heavy atom. The largest absolute Gasteiger partial charge is 1.00 e. The zero-order chi connectivity index (χ0) is 38.8. The second kappa shape index (κ2) is 18.3. The van der Waals surface area contributed by atoms with Gasteiger partial charge in [-0.05, 0) is 87.1 Å². The molecule has 0 aliphatic heterocycles. The van der Waals surface area contributed by atoms with Gasteiger partial charge in [-0.3, -0.25) is 0 Å². The van der Waals surface area contributed by atoms with E-state index in [4.69, 9.17) is 21.4 Å². The average Bonchev–Trinajstić information content (AvgIpc) is 3.19. The fraction of sp³-hybridized carbons (Fsp3) is 0.250. The van der Waals surface area contributed by atoms with Gasteiger partial charge in [-0.25, -0.2) is 9.97 Å². The van der Waals surface area contributed by atoms with Crippen molar-refractivity contribution >= 4 is 66.9 Å². The SMILES string of the molecule is Cc1cc2nc3cc(C)c(NCCCCCCCCNc4cc5c(cc4C)nc4cc(C)c(N)cc4[n+]5-c4ccccc4)cc3[n+](-c3ccccc3)c2cc1N.[Cl-].[Cl-]. The molecule has 58 heavy (non-hydrogen) atoms. The molecule has 0 aliphatic carbocycles. The average molecular weight is 812 g/mol. The number of anilines is 4. The Morgan fingerprint density at radius 1 is 0.431 bits per heavy atom. The van der Waals surface area contributed by atoms with Crippen LogP contribution in [0.2, 0.25) is 0 Å². The molecule has 0 bridgehead atoms. The molecule has 0 saturated carbocycles. The number of rotatable bonds is 13. The van der Waals surface area contributed by atoms with Gasteiger partial charge >= 0.3 is 0 Å². The Labute approximate surface area is 353 Å². The highest BCUT2D eigenvalue weighted by Gasteiger charge is 2.23. The van der Waals surface area contributed by atoms with Crippen molar-refractivity contribution in [2.24, 2.45) is 0 Å². The fourth-order valence-corrected chi connectivity index (χ4v) is 7.85. The summed E-state index contributed by atoms with van der Waals surface area (Å²) >= 11 is 0. The van der Waals surface area contributed by atoms with E-state index in [9.17, 15) is 0 Å². The Hall–Kier alpha value is -5.70. The third kappa shape index (κ3) is 8.59. The molecule has 8 aromatic rings. The number of aryl methyl sites for hydroxylation is 4. The second-order valence-electron chi connectivity index (χ2n) is 15.2. The third-order valence-electron chi connectivity index (χ3n) is 11.1. The molecule has 10 heteroatoms. The highest BCUT2D eigenvalue weighted by atomic mass is 35.5. The smallest absolute Gasteiger partial charge is 0.239 e. The number of unbranched alkanes of at least 4 members (excludes halogenated alkanes) is 5. The summed E-state index contributed by atoms with van der Waals surface area (Å²) in [7, 11) is 0. The molecule has 2 aromatic heterocycles. The van der Waals surface area contributed by atoms with E-state index < -0.39 is 0 Å². The van der Waals surface area contributed by atoms with Crippen molar-refractivity contribution in [3.05, 3.63) is 131 Å². The predicted molar refractivity (Wildman–Crippen MR) is 234 cm³/mol. The molecule has 8 rings (SSSR count). The van der Waals surface area contributed by atoms with Gasteiger partial charge in [0.25, 0.3) is 0 Å². The zero-order valence-electron chi connectivity index (χ0n) is 33.7. The minimum absolute atomic E-state index is 0. The predicted octanol–water partition coefficient (Wildman–Crippen LogP) is 3.91. The first-order chi connectivity index (χ1) is 27.2. The zero-order valence-corrected chi connectivity index (χ0v) is 35.3. The summed E-state index contributed by atoms with van der Waals surface area (Å²) in [6, 6.07) is 38.1. The van der Waals surface area contributed by atoms with Crippen LogP contribution in [-0.4, -0.2) is 23.1 Å². The van der Waals surface area contributed by atoms with Crippen molar-refractivity contribution < 1.29 is 33.9 Å². The van der Waals surface area contributed by atoms with Crippen LogP contribution in [0.1, 0.15) is 60.8 Å². The number of fused-ring (bicyclic) bond motifs is 4. The maximum absolute atomic E-state index is 6.40. The highest BCUT2D eigenvalue weighted by molar-refractivity contribution is 5.88. The Balaban J connectivity index is 0.00000283. The number of nitrogen functional groups attached to an aromatic ring is 2. The van der Waals surface area contributed by atoms with E-state index in [-0.39, 0.29) is 24.8 Å². The maximum atomic E-state index is 6.40. The molecule has 298 valence electrons. The number of benzene rings is 6. The van der Waals surface area contributed by atoms with Crippen LogP contribution in [0.5, 0.6) is 0 Å². The van der Waals surface area contributed by atoms with Crippen molar-refractivity contribution in [1.82, 2.24) is 9.97 Å². The second-order valence-corrected chi connectivity index (χ2v) is 15.2. The van der Waals surface area contributed by atoms with Crippen molar-refractivity contribution in [2.45, 2.75) is 66.2 Å². The van der Waals surface area contributed by atoms with E-state index in [1.54, 1.807) is 0 Å². The lowest BCUT2D eigenvalue weighted by molar-refractivity contribution is -0.538. The summed E-state index contributed by atoms with van der Waals surface area (Å²) in [5.41, 5.74) is 31.3. The first-order valence-corrected chi connectivity index (χ1v) is 20.0. The topological polar surface area (TPSA) is 110 Å². The Bertz CT molecular complexity index is 2530. The lowest BCUT2D eigenvalue weighted by Crippen LogP contribution is -3.00. The van der Waals surface area contributed by atoms with Crippen LogP contribution >= 0.6 is 0 Å². The molecule has 0 fully saturated rings. The van der Waals surface area contributed by atoms with Crippen LogP contribution in [0, 0.1) is 27.7 Å². The number of para-hydroxylation sites is 2. The van der Waals surface area contributed by atoms with Gasteiger partial charge < -0.3 is 46.9 Å². The molecular weight excluding hydrogens is 759 g/mol. The molecule has 0 radical (unpaired) electrons. The van der Waals surface area contributed by atoms with Gasteiger partial charge in [-0.2, -0.15) is 0 Å². The first-order valence-electron chi connectivity index (χ1n) is 20.0. The number of hydrogen-bond donors (Lipinski definition) is 4. The van der Waals surface area contributed by atoms with Crippen molar-refractivity contribution in [1.29, 1.82) is 0 Å². The molecule has 6 N–H and O–H groups in total. The van der Waals surface area contributed by atoms with Gasteiger partial charge in [0.15, 0.2) is 0 Å². The summed E-state index contributed by atoms with van der Waals surface area (Å²) in [6.45, 7) is 10.3. The van der Waals surface area contributed by atoms with E-state index in [1.807, 2.05) is 26.0 Å². The van der Waals surface area contributed by atoms with E-state index in [1.165, 1.54) is 36.8 Å². The summed E-state index contributed by atoms with van der Waals surface area (Å²) in [5, 5.41) is 7.48. The number of nitrogens with two attached hydrogens (primary N) is 2. The van der Waals surface area contributed by atoms with Crippen molar-refractivity contribution in [3.63, 3.8) is 0 Å². The number of halogens is 2. The molecule has 0 unspecified atom stereocenters. The summed E-state index contributed by atoms with van der Waals surface area (Å²) in [5.74, 6) is 0. The van der Waals surface area contributed by atoms with Crippen molar-refractivity contribution in [3.8, 4) is 11.4 Å². The summed E-state index contributed by atoms with van der Waals surface area (Å²) < 4.78 is 4.57. The van der Waals surface area contributed by atoms with E-state index in [0.29, 0.717) is 0 Å². The monoisotopic (exact) mass is 810 g/mol. The van der Waals surface area contributed by atoms with Gasteiger partial charge in [0, 0.05) is 84.4 Å². The van der Waals surface area contributed by atoms with Gasteiger partial charge in [0.05, 0.1) is 0 Å². The molecule has 0 atom stereocenters. The summed E-state index contributed by atoms with van der Waals surface area (Å²) in [4.78, 5) is 10.1. The maximum Gasteiger partial charge on any atom is 0.239 e. The lowest BCUT2D eigenvalue weighted by Gasteiger charge is -2.13. The molecule has 0 amide bonds. The third-order valence-corrected chi connectivity index (χ3v) is 11.1. The molecule has 0 aliphatic rings. The van der Waals surface area contributed by atoms with Gasteiger partial charge in [-0.15, -0.1) is 9.13 Å². The number of nitrogens with one attached hydrogen (secondary N) is 2. The molecule has 6 aromatic carbocycles. The molecule has 0 spiro atoms. The Morgan fingerprint density at radius 2 is 0.759 bits per heavy atom. The van der Waals surface area contributed by atoms with Crippen molar-refractivity contribution in [2.75, 3.05) is 35.2 Å². The molecule has 0 saturated heterocycles. The minimum Gasteiger partial charge on any atom is -1.00 e. The van der Waals surface area contributed by atoms with E-state index in [0.717, 1.165) is 115 Å². The molecule has 2 heterocycles. The number of hydrogen-bond acceptors (Lipinski definition) is 6. The van der Waals surface area contributed by atoms with Crippen LogP contribution in [-0.2, 0) is 0 Å². The molecule has 8 nitrogen and oxygen atoms in total. The van der Waals surface area contributed by atoms with Crippen LogP contribution in [0.3, 0.4) is 0 Å². The van der Waals surface area contributed by atoms with Gasteiger partial charge in [-0.1, -0.05) is 62.1 Å². The quantitative estimate of drug-likeness (QED) is 0.0610. The fourth-order valence-electron chi connectivity index (χ4n) is 7.85.